The second kappa shape index (κ2) is 9.02. The molecule has 1 aromatic carbocycles. The van der Waals surface area contributed by atoms with E-state index in [0.29, 0.717) is 9.18 Å². The lowest BCUT2D eigenvalue weighted by molar-refractivity contribution is -0.138. The van der Waals surface area contributed by atoms with E-state index in [4.69, 9.17) is 16.3 Å². The Morgan fingerprint density at radius 2 is 1.83 bits per heavy atom. The molecule has 0 aliphatic heterocycles. The molecule has 0 spiro atoms. The van der Waals surface area contributed by atoms with Crippen LogP contribution in [0.15, 0.2) is 35.7 Å². The highest BCUT2D eigenvalue weighted by Gasteiger charge is 2.32. The van der Waals surface area contributed by atoms with Crippen LogP contribution < -0.4 is 9.03 Å². The maximum Gasteiger partial charge on any atom is 0.422 e. The number of hydrogen-bond acceptors (Lipinski definition) is 7. The van der Waals surface area contributed by atoms with Crippen LogP contribution in [0.1, 0.15) is 20.8 Å². The number of amides is 1. The van der Waals surface area contributed by atoms with Crippen LogP contribution in [0.25, 0.3) is 10.4 Å². The summed E-state index contributed by atoms with van der Waals surface area (Å²) in [5.41, 5.74) is -0.0888. The quantitative estimate of drug-likeness (QED) is 0.657. The average Bonchev–Trinajstić information content (AvgIpc) is 2.98. The zero-order chi connectivity index (χ0) is 21.8. The molecule has 8 nitrogen and oxygen atoms in total. The van der Waals surface area contributed by atoms with Crippen LogP contribution >= 0.6 is 22.9 Å². The minimum absolute atomic E-state index is 0.0389. The first-order chi connectivity index (χ1) is 13.4. The molecule has 1 aromatic heterocycles. The maximum atomic E-state index is 12.8. The van der Waals surface area contributed by atoms with E-state index >= 15 is 0 Å². The molecule has 0 saturated heterocycles. The van der Waals surface area contributed by atoms with Gasteiger partial charge in [-0.3, -0.25) is 4.79 Å². The molecule has 0 fully saturated rings. The minimum atomic E-state index is -4.51. The first-order valence-corrected chi connectivity index (χ1v) is 11.1. The Balaban J connectivity index is 2.42. The number of esters is 1. The van der Waals surface area contributed by atoms with Crippen LogP contribution in [-0.4, -0.2) is 39.7 Å². The third-order valence-corrected chi connectivity index (χ3v) is 6.26. The van der Waals surface area contributed by atoms with Gasteiger partial charge in [-0.25, -0.2) is 13.8 Å². The molecule has 0 bridgehead atoms. The van der Waals surface area contributed by atoms with E-state index in [-0.39, 0.29) is 10.7 Å². The lowest BCUT2D eigenvalue weighted by Crippen LogP contribution is -2.47. The third-order valence-electron chi connectivity index (χ3n) is 3.42. The summed E-state index contributed by atoms with van der Waals surface area (Å²) in [5.74, 6) is -0.830. The zero-order valence-electron chi connectivity index (χ0n) is 16.3. The van der Waals surface area contributed by atoms with Gasteiger partial charge >= 0.3 is 22.3 Å². The van der Waals surface area contributed by atoms with Crippen LogP contribution in [0, 0.1) is 0 Å². The lowest BCUT2D eigenvalue weighted by atomic mass is 10.2. The number of rotatable bonds is 6. The average molecular weight is 461 g/mol. The first-order valence-electron chi connectivity index (χ1n) is 8.37. The van der Waals surface area contributed by atoms with Crippen molar-refractivity contribution in [2.45, 2.75) is 26.4 Å². The predicted octanol–water partition coefficient (Wildman–Crippen LogP) is 3.82. The minimum Gasteiger partial charge on any atom is -0.468 e. The molecule has 2 aromatic rings. The monoisotopic (exact) mass is 460 g/mol. The van der Waals surface area contributed by atoms with Crippen molar-refractivity contribution in [3.05, 3.63) is 40.7 Å². The van der Waals surface area contributed by atoms with Crippen molar-refractivity contribution < 1.29 is 27.5 Å². The summed E-state index contributed by atoms with van der Waals surface area (Å²) in [7, 11) is -3.39. The Morgan fingerprint density at radius 1 is 1.21 bits per heavy atom. The fraction of sp³-hybridized carbons (Fsp3) is 0.333. The van der Waals surface area contributed by atoms with Gasteiger partial charge in [0.1, 0.15) is 12.1 Å². The van der Waals surface area contributed by atoms with Gasteiger partial charge in [-0.05, 0) is 26.3 Å². The van der Waals surface area contributed by atoms with E-state index in [0.717, 1.165) is 12.7 Å². The number of methoxy groups -OCH3 is 1. The molecule has 158 valence electrons. The Morgan fingerprint density at radius 3 is 2.38 bits per heavy atom. The van der Waals surface area contributed by atoms with Gasteiger partial charge in [-0.2, -0.15) is 8.42 Å². The van der Waals surface area contributed by atoms with Gasteiger partial charge in [-0.15, -0.1) is 11.3 Å². The van der Waals surface area contributed by atoms with Crippen molar-refractivity contribution in [1.29, 1.82) is 0 Å². The van der Waals surface area contributed by atoms with E-state index < -0.39 is 34.4 Å². The highest BCUT2D eigenvalue weighted by Crippen LogP contribution is 2.42. The third kappa shape index (κ3) is 6.09. The summed E-state index contributed by atoms with van der Waals surface area (Å²) < 4.78 is 37.7. The number of carbonyl (C=O) groups excluding carboxylic acids is 2. The van der Waals surface area contributed by atoms with Crippen LogP contribution in [0.5, 0.6) is 0 Å². The number of benzene rings is 1. The number of anilines is 1. The molecule has 2 rings (SSSR count). The highest BCUT2D eigenvalue weighted by molar-refractivity contribution is 7.91. The maximum absolute atomic E-state index is 12.8. The van der Waals surface area contributed by atoms with E-state index in [1.54, 1.807) is 25.5 Å². The van der Waals surface area contributed by atoms with E-state index in [1.807, 2.05) is 30.3 Å². The largest absolute Gasteiger partial charge is 0.468 e. The fourth-order valence-corrected chi connectivity index (χ4v) is 4.80. The Bertz CT molecular complexity index is 984. The molecule has 11 heteroatoms. The number of ether oxygens (including phenoxy) is 2. The molecule has 29 heavy (non-hydrogen) atoms. The van der Waals surface area contributed by atoms with Gasteiger partial charge in [0, 0.05) is 5.38 Å². The molecule has 0 aliphatic carbocycles. The number of nitrogens with one attached hydrogen (secondary N) is 1. The van der Waals surface area contributed by atoms with Gasteiger partial charge in [0.2, 0.25) is 0 Å². The topological polar surface area (TPSA) is 102 Å². The summed E-state index contributed by atoms with van der Waals surface area (Å²) in [6.45, 7) is 4.09. The van der Waals surface area contributed by atoms with Gasteiger partial charge in [0.15, 0.2) is 0 Å². The molecule has 0 atom stereocenters. The standard InChI is InChI=1S/C18H21ClN2O6S2/c1-18(2,3)27-17(23)20-29(24,25)21(10-14(22)26-4)13-11-28-16(15(13)19)12-8-6-5-7-9-12/h5-9,11H,10H2,1-4H3,(H,20,23). The van der Waals surface area contributed by atoms with Gasteiger partial charge in [0.25, 0.3) is 0 Å². The number of thiophene rings is 1. The number of hydrogen-bond donors (Lipinski definition) is 1. The van der Waals surface area contributed by atoms with Crippen molar-refractivity contribution in [1.82, 2.24) is 4.72 Å². The summed E-state index contributed by atoms with van der Waals surface area (Å²) in [4.78, 5) is 24.4. The molecule has 0 aliphatic rings. The molecule has 0 radical (unpaired) electrons. The lowest BCUT2D eigenvalue weighted by Gasteiger charge is -2.24. The Kier molecular flexibility index (Phi) is 7.15. The van der Waals surface area contributed by atoms with Gasteiger partial charge < -0.3 is 9.47 Å². The van der Waals surface area contributed by atoms with Crippen LogP contribution in [-0.2, 0) is 24.5 Å². The van der Waals surface area contributed by atoms with Crippen molar-refractivity contribution in [3.8, 4) is 10.4 Å². The molecule has 1 N–H and O–H groups in total. The van der Waals surface area contributed by atoms with Crippen LogP contribution in [0.4, 0.5) is 10.5 Å². The fourth-order valence-electron chi connectivity index (χ4n) is 2.23. The van der Waals surface area contributed by atoms with E-state index in [1.165, 1.54) is 16.7 Å². The van der Waals surface area contributed by atoms with Crippen molar-refractivity contribution in [2.75, 3.05) is 18.0 Å². The predicted molar refractivity (Wildman–Crippen MR) is 112 cm³/mol. The second-order valence-electron chi connectivity index (χ2n) is 6.82. The number of nitrogens with zero attached hydrogens (tertiary/aromatic N) is 1. The molecular formula is C18H21ClN2O6S2. The molecule has 0 unspecified atom stereocenters. The zero-order valence-corrected chi connectivity index (χ0v) is 18.7. The van der Waals surface area contributed by atoms with Crippen molar-refractivity contribution >= 4 is 50.9 Å². The van der Waals surface area contributed by atoms with Crippen LogP contribution in [0.2, 0.25) is 5.02 Å². The summed E-state index contributed by atoms with van der Waals surface area (Å²) in [6.07, 6.45) is -1.18. The number of halogens is 1. The molecular weight excluding hydrogens is 440 g/mol. The number of carbonyl (C=O) groups is 2. The molecule has 0 saturated carbocycles. The molecule has 1 amide bonds. The van der Waals surface area contributed by atoms with Crippen molar-refractivity contribution in [3.63, 3.8) is 0 Å². The van der Waals surface area contributed by atoms with Crippen molar-refractivity contribution in [2.24, 2.45) is 0 Å². The summed E-state index contributed by atoms with van der Waals surface area (Å²) in [6, 6.07) is 9.11. The molecule has 1 heterocycles. The first kappa shape index (κ1) is 23.0. The Hall–Kier alpha value is -2.30. The van der Waals surface area contributed by atoms with Gasteiger partial charge in [-0.1, -0.05) is 41.9 Å². The highest BCUT2D eigenvalue weighted by atomic mass is 35.5. The second-order valence-corrected chi connectivity index (χ2v) is 9.67. The normalized spacial score (nSPS) is 11.6. The SMILES string of the molecule is COC(=O)CN(c1csc(-c2ccccc2)c1Cl)S(=O)(=O)NC(=O)OC(C)(C)C. The smallest absolute Gasteiger partial charge is 0.422 e. The summed E-state index contributed by atoms with van der Waals surface area (Å²) >= 11 is 7.64. The van der Waals surface area contributed by atoms with E-state index in [9.17, 15) is 18.0 Å². The van der Waals surface area contributed by atoms with Crippen LogP contribution in [0.3, 0.4) is 0 Å². The Labute approximate surface area is 178 Å². The van der Waals surface area contributed by atoms with Gasteiger partial charge in [0.05, 0.1) is 22.7 Å². The van der Waals surface area contributed by atoms with E-state index in [2.05, 4.69) is 4.74 Å². The summed E-state index contributed by atoms with van der Waals surface area (Å²) in [5, 5.41) is 1.61.